The molecule has 0 N–H and O–H groups in total. The average molecular weight is 241 g/mol. The number of pyridine rings is 1. The fraction of sp³-hybridized carbons (Fsp3) is 0.364. The molecule has 0 bridgehead atoms. The van der Waals surface area contributed by atoms with Gasteiger partial charge in [0.05, 0.1) is 13.2 Å². The van der Waals surface area contributed by atoms with Gasteiger partial charge in [0.15, 0.2) is 0 Å². The van der Waals surface area contributed by atoms with Crippen molar-refractivity contribution >= 4 is 13.7 Å². The number of hydrogen-bond donors (Lipinski definition) is 0. The largest absolute Gasteiger partial charge is 0.354 e. The standard InChI is InChI=1S/C11H16NO3P/c1-3-14-16(13,15-4-2)9-7-11-6-5-8-12-10-11/h5-10H,3-4H2,1-2H3. The van der Waals surface area contributed by atoms with E-state index in [0.29, 0.717) is 13.2 Å². The van der Waals surface area contributed by atoms with Crippen molar-refractivity contribution in [2.24, 2.45) is 0 Å². The van der Waals surface area contributed by atoms with Gasteiger partial charge in [-0.2, -0.15) is 0 Å². The Labute approximate surface area is 95.8 Å². The highest BCUT2D eigenvalue weighted by atomic mass is 31.2. The zero-order valence-corrected chi connectivity index (χ0v) is 10.4. The quantitative estimate of drug-likeness (QED) is 0.717. The van der Waals surface area contributed by atoms with Crippen LogP contribution in [0.4, 0.5) is 0 Å². The molecule has 0 aliphatic rings. The fourth-order valence-corrected chi connectivity index (χ4v) is 2.46. The lowest BCUT2D eigenvalue weighted by atomic mass is 10.3. The lowest BCUT2D eigenvalue weighted by Crippen LogP contribution is -1.92. The molecule has 0 atom stereocenters. The summed E-state index contributed by atoms with van der Waals surface area (Å²) in [5.74, 6) is 1.47. The van der Waals surface area contributed by atoms with Crippen molar-refractivity contribution in [3.8, 4) is 0 Å². The molecule has 0 radical (unpaired) electrons. The monoisotopic (exact) mass is 241 g/mol. The maximum atomic E-state index is 12.0. The molecule has 0 amide bonds. The molecule has 0 unspecified atom stereocenters. The van der Waals surface area contributed by atoms with E-state index >= 15 is 0 Å². The number of aromatic nitrogens is 1. The Bertz CT molecular complexity index is 368. The van der Waals surface area contributed by atoms with Crippen LogP contribution in [0.3, 0.4) is 0 Å². The molecule has 88 valence electrons. The van der Waals surface area contributed by atoms with Gasteiger partial charge >= 0.3 is 7.60 Å². The normalized spacial score (nSPS) is 12.1. The summed E-state index contributed by atoms with van der Waals surface area (Å²) >= 11 is 0. The van der Waals surface area contributed by atoms with Gasteiger partial charge in [-0.05, 0) is 31.6 Å². The summed E-state index contributed by atoms with van der Waals surface area (Å²) in [6.07, 6.45) is 5.06. The maximum Gasteiger partial charge on any atom is 0.354 e. The van der Waals surface area contributed by atoms with E-state index in [0.717, 1.165) is 5.56 Å². The molecule has 0 aromatic carbocycles. The molecule has 4 nitrogen and oxygen atoms in total. The van der Waals surface area contributed by atoms with E-state index in [9.17, 15) is 4.57 Å². The van der Waals surface area contributed by atoms with Crippen molar-refractivity contribution < 1.29 is 13.6 Å². The van der Waals surface area contributed by atoms with Crippen molar-refractivity contribution in [3.05, 3.63) is 35.9 Å². The molecule has 0 saturated carbocycles. The van der Waals surface area contributed by atoms with E-state index in [1.54, 1.807) is 32.3 Å². The van der Waals surface area contributed by atoms with Crippen LogP contribution in [0.5, 0.6) is 0 Å². The third-order valence-corrected chi connectivity index (χ3v) is 3.50. The minimum absolute atomic E-state index is 0.356. The van der Waals surface area contributed by atoms with Gasteiger partial charge < -0.3 is 9.05 Å². The summed E-state index contributed by atoms with van der Waals surface area (Å²) in [5, 5.41) is 0. The van der Waals surface area contributed by atoms with Crippen molar-refractivity contribution in [1.82, 2.24) is 4.98 Å². The summed E-state index contributed by atoms with van der Waals surface area (Å²) in [7, 11) is -3.09. The molecule has 1 aromatic heterocycles. The van der Waals surface area contributed by atoms with Crippen LogP contribution in [0.1, 0.15) is 19.4 Å². The van der Waals surface area contributed by atoms with Crippen LogP contribution in [0, 0.1) is 0 Å². The highest BCUT2D eigenvalue weighted by molar-refractivity contribution is 7.57. The third kappa shape index (κ3) is 4.27. The second kappa shape index (κ2) is 6.59. The van der Waals surface area contributed by atoms with Crippen molar-refractivity contribution in [3.63, 3.8) is 0 Å². The van der Waals surface area contributed by atoms with Crippen LogP contribution in [0.25, 0.3) is 6.08 Å². The minimum atomic E-state index is -3.09. The van der Waals surface area contributed by atoms with Crippen molar-refractivity contribution in [2.75, 3.05) is 13.2 Å². The van der Waals surface area contributed by atoms with E-state index in [1.165, 1.54) is 5.82 Å². The summed E-state index contributed by atoms with van der Waals surface area (Å²) in [4.78, 5) is 3.95. The van der Waals surface area contributed by atoms with Gasteiger partial charge in [-0.25, -0.2) is 0 Å². The highest BCUT2D eigenvalue weighted by Crippen LogP contribution is 2.49. The zero-order valence-electron chi connectivity index (χ0n) is 9.50. The van der Waals surface area contributed by atoms with Crippen LogP contribution < -0.4 is 0 Å². The lowest BCUT2D eigenvalue weighted by molar-refractivity contribution is 0.229. The lowest BCUT2D eigenvalue weighted by Gasteiger charge is -2.12. The Hall–Kier alpha value is -0.960. The number of rotatable bonds is 6. The first-order valence-corrected chi connectivity index (χ1v) is 6.79. The zero-order chi connectivity index (χ0) is 11.9. The first-order chi connectivity index (χ1) is 7.70. The summed E-state index contributed by atoms with van der Waals surface area (Å²) in [6, 6.07) is 3.68. The summed E-state index contributed by atoms with van der Waals surface area (Å²) in [5.41, 5.74) is 0.863. The van der Waals surface area contributed by atoms with Crippen LogP contribution >= 0.6 is 7.60 Å². The molecule has 1 rings (SSSR count). The number of nitrogens with zero attached hydrogens (tertiary/aromatic N) is 1. The predicted octanol–water partition coefficient (Wildman–Crippen LogP) is 3.32. The first-order valence-electron chi connectivity index (χ1n) is 5.18. The molecule has 5 heteroatoms. The van der Waals surface area contributed by atoms with Gasteiger partial charge in [0, 0.05) is 18.2 Å². The molecule has 0 saturated heterocycles. The molecule has 1 aromatic rings. The van der Waals surface area contributed by atoms with Gasteiger partial charge in [0.2, 0.25) is 0 Å². The number of hydrogen-bond acceptors (Lipinski definition) is 4. The van der Waals surface area contributed by atoms with Crippen molar-refractivity contribution in [2.45, 2.75) is 13.8 Å². The first kappa shape index (κ1) is 13.1. The molecule has 0 aliphatic heterocycles. The van der Waals surface area contributed by atoms with E-state index in [1.807, 2.05) is 12.1 Å². The minimum Gasteiger partial charge on any atom is -0.306 e. The van der Waals surface area contributed by atoms with E-state index in [4.69, 9.17) is 9.05 Å². The smallest absolute Gasteiger partial charge is 0.306 e. The SMILES string of the molecule is CCOP(=O)(C=Cc1cccnc1)OCC. The third-order valence-electron chi connectivity index (χ3n) is 1.75. The van der Waals surface area contributed by atoms with Crippen LogP contribution in [0.15, 0.2) is 30.3 Å². The highest BCUT2D eigenvalue weighted by Gasteiger charge is 2.18. The van der Waals surface area contributed by atoms with Gasteiger partial charge in [-0.15, -0.1) is 0 Å². The summed E-state index contributed by atoms with van der Waals surface area (Å²) < 4.78 is 22.3. The van der Waals surface area contributed by atoms with E-state index < -0.39 is 7.60 Å². The Morgan fingerprint density at radius 2 is 2.06 bits per heavy atom. The van der Waals surface area contributed by atoms with Gasteiger partial charge in [0.25, 0.3) is 0 Å². The fourth-order valence-electron chi connectivity index (χ4n) is 1.14. The maximum absolute atomic E-state index is 12.0. The Kier molecular flexibility index (Phi) is 5.39. The van der Waals surface area contributed by atoms with E-state index in [2.05, 4.69) is 4.98 Å². The van der Waals surface area contributed by atoms with Gasteiger partial charge in [-0.3, -0.25) is 9.55 Å². The Morgan fingerprint density at radius 3 is 2.56 bits per heavy atom. The van der Waals surface area contributed by atoms with Crippen molar-refractivity contribution in [1.29, 1.82) is 0 Å². The molecule has 0 aliphatic carbocycles. The summed E-state index contributed by atoms with van der Waals surface area (Å²) in [6.45, 7) is 4.27. The second-order valence-electron chi connectivity index (χ2n) is 2.98. The van der Waals surface area contributed by atoms with E-state index in [-0.39, 0.29) is 0 Å². The Morgan fingerprint density at radius 1 is 1.38 bits per heavy atom. The molecular formula is C11H16NO3P. The average Bonchev–Trinajstić information content (AvgIpc) is 2.29. The molecule has 16 heavy (non-hydrogen) atoms. The molecule has 1 heterocycles. The molecule has 0 spiro atoms. The van der Waals surface area contributed by atoms with Gasteiger partial charge in [0.1, 0.15) is 0 Å². The molecular weight excluding hydrogens is 225 g/mol. The van der Waals surface area contributed by atoms with Crippen LogP contribution in [-0.4, -0.2) is 18.2 Å². The van der Waals surface area contributed by atoms with Crippen LogP contribution in [-0.2, 0) is 13.6 Å². The second-order valence-corrected chi connectivity index (χ2v) is 4.87. The Balaban J connectivity index is 2.75. The molecule has 0 fully saturated rings. The van der Waals surface area contributed by atoms with Crippen LogP contribution in [0.2, 0.25) is 0 Å². The topological polar surface area (TPSA) is 48.4 Å². The van der Waals surface area contributed by atoms with Gasteiger partial charge in [-0.1, -0.05) is 6.07 Å². The predicted molar refractivity (Wildman–Crippen MR) is 64.1 cm³/mol.